The summed E-state index contributed by atoms with van der Waals surface area (Å²) in [4.78, 5) is 63.0. The summed E-state index contributed by atoms with van der Waals surface area (Å²) in [7, 11) is 6.92. The molecule has 1 fully saturated rings. The highest BCUT2D eigenvalue weighted by molar-refractivity contribution is 7.09. The summed E-state index contributed by atoms with van der Waals surface area (Å²) in [5.41, 5.74) is -0.0636. The molecule has 308 valence electrons. The molecule has 1 saturated heterocycles. The van der Waals surface area contributed by atoms with Crippen LogP contribution in [-0.4, -0.2) is 116 Å². The molecule has 3 rings (SSSR count). The van der Waals surface area contributed by atoms with Gasteiger partial charge >= 0.3 is 0 Å². The van der Waals surface area contributed by atoms with E-state index in [0.29, 0.717) is 19.4 Å². The maximum absolute atomic E-state index is 14.3. The molecule has 13 heteroatoms. The van der Waals surface area contributed by atoms with Crippen molar-refractivity contribution in [2.45, 2.75) is 122 Å². The van der Waals surface area contributed by atoms with Gasteiger partial charge in [-0.1, -0.05) is 85.2 Å². The van der Waals surface area contributed by atoms with Crippen LogP contribution in [0.2, 0.25) is 0 Å². The van der Waals surface area contributed by atoms with E-state index in [1.807, 2.05) is 82.3 Å². The second-order valence-corrected chi connectivity index (χ2v) is 16.9. The zero-order valence-electron chi connectivity index (χ0n) is 35.0. The van der Waals surface area contributed by atoms with Crippen molar-refractivity contribution in [1.29, 1.82) is 0 Å². The number of rotatable bonds is 23. The number of nitrogens with zero attached hydrogens (tertiary/aromatic N) is 3. The van der Waals surface area contributed by atoms with Gasteiger partial charge in [0, 0.05) is 44.9 Å². The molecule has 1 aromatic heterocycles. The van der Waals surface area contributed by atoms with Crippen LogP contribution in [-0.2, 0) is 35.1 Å². The SMILES string of the molecule is CC[C@H](C)[C@@H]([C@@H](CC(=O)N1CCC[C@H]1[C@H](OC)[C@@H](C)C(=O)N[C@@H](Cc1ccccc1)c1nccs1)OC)N(C)C[C@](C=O)(NC(=O)[C@@H](NC)C(C)C)C(C)C. The van der Waals surface area contributed by atoms with Gasteiger partial charge in [0.25, 0.3) is 0 Å². The van der Waals surface area contributed by atoms with E-state index in [1.54, 1.807) is 27.5 Å². The maximum Gasteiger partial charge on any atom is 0.238 e. The van der Waals surface area contributed by atoms with Gasteiger partial charge in [-0.3, -0.25) is 19.3 Å². The second kappa shape index (κ2) is 21.9. The number of hydrogen-bond acceptors (Lipinski definition) is 10. The van der Waals surface area contributed by atoms with Gasteiger partial charge in [-0.25, -0.2) is 4.98 Å². The van der Waals surface area contributed by atoms with Gasteiger partial charge in [0.1, 0.15) is 16.8 Å². The van der Waals surface area contributed by atoms with Crippen LogP contribution in [0.4, 0.5) is 0 Å². The van der Waals surface area contributed by atoms with Crippen molar-refractivity contribution >= 4 is 35.3 Å². The summed E-state index contributed by atoms with van der Waals surface area (Å²) in [6, 6.07) is 8.75. The number of ether oxygens (including phenoxy) is 2. The van der Waals surface area contributed by atoms with Crippen molar-refractivity contribution in [2.24, 2.45) is 23.7 Å². The van der Waals surface area contributed by atoms with E-state index >= 15 is 0 Å². The molecular formula is C42H68N6O6S. The van der Waals surface area contributed by atoms with Crippen LogP contribution < -0.4 is 16.0 Å². The van der Waals surface area contributed by atoms with Gasteiger partial charge < -0.3 is 35.1 Å². The van der Waals surface area contributed by atoms with E-state index in [1.165, 1.54) is 11.3 Å². The normalized spacial score (nSPS) is 19.7. The van der Waals surface area contributed by atoms with Crippen LogP contribution in [0.5, 0.6) is 0 Å². The first kappa shape index (κ1) is 46.2. The molecule has 12 nitrogen and oxygen atoms in total. The number of methoxy groups -OCH3 is 2. The van der Waals surface area contributed by atoms with Crippen molar-refractivity contribution < 1.29 is 28.7 Å². The van der Waals surface area contributed by atoms with E-state index in [2.05, 4.69) is 39.7 Å². The third kappa shape index (κ3) is 11.9. The van der Waals surface area contributed by atoms with Gasteiger partial charge in [-0.15, -0.1) is 11.3 Å². The smallest absolute Gasteiger partial charge is 0.238 e. The minimum absolute atomic E-state index is 0.0283. The highest BCUT2D eigenvalue weighted by Crippen LogP contribution is 2.31. The molecule has 9 atom stereocenters. The molecule has 2 aromatic rings. The molecular weight excluding hydrogens is 717 g/mol. The molecule has 0 unspecified atom stereocenters. The Kier molecular flexibility index (Phi) is 18.4. The lowest BCUT2D eigenvalue weighted by Gasteiger charge is -2.44. The predicted octanol–water partition coefficient (Wildman–Crippen LogP) is 4.89. The first-order valence-corrected chi connectivity index (χ1v) is 20.8. The van der Waals surface area contributed by atoms with Crippen LogP contribution >= 0.6 is 11.3 Å². The highest BCUT2D eigenvalue weighted by Gasteiger charge is 2.44. The molecule has 55 heavy (non-hydrogen) atoms. The molecule has 3 amide bonds. The number of aldehydes is 1. The Hall–Kier alpha value is -3.23. The number of thiazole rings is 1. The number of aromatic nitrogens is 1. The van der Waals surface area contributed by atoms with Gasteiger partial charge in [0.2, 0.25) is 17.7 Å². The zero-order chi connectivity index (χ0) is 40.9. The van der Waals surface area contributed by atoms with E-state index in [4.69, 9.17) is 9.47 Å². The number of carbonyl (C=O) groups is 4. The average Bonchev–Trinajstić information content (AvgIpc) is 3.88. The molecule has 0 radical (unpaired) electrons. The fourth-order valence-corrected chi connectivity index (χ4v) is 8.86. The van der Waals surface area contributed by atoms with Crippen molar-refractivity contribution in [2.75, 3.05) is 41.4 Å². The first-order valence-electron chi connectivity index (χ1n) is 19.9. The monoisotopic (exact) mass is 784 g/mol. The molecule has 0 spiro atoms. The summed E-state index contributed by atoms with van der Waals surface area (Å²) < 4.78 is 12.2. The number of hydrogen-bond donors (Lipinski definition) is 3. The van der Waals surface area contributed by atoms with Gasteiger partial charge in [0.15, 0.2) is 0 Å². The number of amides is 3. The number of likely N-dealkylation sites (N-methyl/N-ethyl adjacent to an activating group) is 2. The Balaban J connectivity index is 1.80. The molecule has 1 aliphatic rings. The Labute approximate surface area is 333 Å². The largest absolute Gasteiger partial charge is 0.379 e. The van der Waals surface area contributed by atoms with Gasteiger partial charge in [-0.05, 0) is 56.7 Å². The summed E-state index contributed by atoms with van der Waals surface area (Å²) >= 11 is 1.51. The van der Waals surface area contributed by atoms with Crippen LogP contribution in [0, 0.1) is 23.7 Å². The van der Waals surface area contributed by atoms with Gasteiger partial charge in [0.05, 0.1) is 42.7 Å². The molecule has 1 aliphatic heterocycles. The average molecular weight is 785 g/mol. The molecule has 2 heterocycles. The van der Waals surface area contributed by atoms with Crippen LogP contribution in [0.15, 0.2) is 41.9 Å². The fourth-order valence-electron chi connectivity index (χ4n) is 8.17. The maximum atomic E-state index is 14.3. The summed E-state index contributed by atoms with van der Waals surface area (Å²) in [5.74, 6) is -1.06. The lowest BCUT2D eigenvalue weighted by molar-refractivity contribution is -0.143. The van der Waals surface area contributed by atoms with Gasteiger partial charge in [-0.2, -0.15) is 0 Å². The van der Waals surface area contributed by atoms with E-state index in [0.717, 1.165) is 29.7 Å². The molecule has 0 bridgehead atoms. The standard InChI is InChI=1S/C42H68N6O6S/c1-12-29(6)37(47(9)25-42(26-49,28(4)5)46-40(52)36(43-8)27(2)3)34(53-10)24-35(50)48-21-16-19-33(48)38(54-11)30(7)39(51)45-32(41-44-20-22-55-41)23-31-17-14-13-15-18-31/h13-15,17-18,20,22,26-30,32-34,36-38,43H,12,16,19,21,23-25H2,1-11H3,(H,45,51)(H,46,52)/t29-,30+,32-,33-,34+,36-,37-,38+,42+/m0/s1. The molecule has 1 aromatic carbocycles. The minimum atomic E-state index is -1.16. The molecule has 0 saturated carbocycles. The quantitative estimate of drug-likeness (QED) is 0.134. The van der Waals surface area contributed by atoms with Crippen LogP contribution in [0.3, 0.4) is 0 Å². The number of carbonyl (C=O) groups excluding carboxylic acids is 4. The first-order chi connectivity index (χ1) is 26.2. The van der Waals surface area contributed by atoms with Crippen molar-refractivity contribution in [3.63, 3.8) is 0 Å². The zero-order valence-corrected chi connectivity index (χ0v) is 35.9. The Morgan fingerprint density at radius 1 is 1.07 bits per heavy atom. The third-order valence-corrected chi connectivity index (χ3v) is 12.6. The Morgan fingerprint density at radius 2 is 1.76 bits per heavy atom. The van der Waals surface area contributed by atoms with Crippen molar-refractivity contribution in [3.05, 3.63) is 52.5 Å². The lowest BCUT2D eigenvalue weighted by Crippen LogP contribution is -2.65. The minimum Gasteiger partial charge on any atom is -0.379 e. The van der Waals surface area contributed by atoms with E-state index in [9.17, 15) is 19.2 Å². The van der Waals surface area contributed by atoms with Crippen LogP contribution in [0.1, 0.15) is 90.8 Å². The van der Waals surface area contributed by atoms with Crippen molar-refractivity contribution in [1.82, 2.24) is 30.7 Å². The summed E-state index contributed by atoms with van der Waals surface area (Å²) in [5, 5.41) is 12.2. The number of nitrogens with one attached hydrogen (secondary N) is 3. The number of likely N-dealkylation sites (tertiary alicyclic amines) is 1. The van der Waals surface area contributed by atoms with Crippen LogP contribution in [0.25, 0.3) is 0 Å². The lowest BCUT2D eigenvalue weighted by atomic mass is 9.84. The second-order valence-electron chi connectivity index (χ2n) is 16.0. The summed E-state index contributed by atoms with van der Waals surface area (Å²) in [6.07, 6.45) is 4.64. The molecule has 0 aliphatic carbocycles. The Bertz CT molecular complexity index is 1480. The van der Waals surface area contributed by atoms with E-state index < -0.39 is 29.7 Å². The van der Waals surface area contributed by atoms with E-state index in [-0.39, 0.29) is 66.6 Å². The van der Waals surface area contributed by atoms with Crippen molar-refractivity contribution in [3.8, 4) is 0 Å². The predicted molar refractivity (Wildman–Crippen MR) is 219 cm³/mol. The third-order valence-electron chi connectivity index (χ3n) is 11.7. The fraction of sp³-hybridized carbons (Fsp3) is 0.690. The molecule has 3 N–H and O–H groups in total. The Morgan fingerprint density at radius 3 is 2.29 bits per heavy atom. The topological polar surface area (TPSA) is 142 Å². The number of benzene rings is 1. The summed E-state index contributed by atoms with van der Waals surface area (Å²) in [6.45, 7) is 14.7. The highest BCUT2D eigenvalue weighted by atomic mass is 32.1.